The normalized spacial score (nSPS) is 19.9. The number of anilines is 2. The molecule has 1 aliphatic heterocycles. The van der Waals surface area contributed by atoms with E-state index < -0.39 is 0 Å². The predicted molar refractivity (Wildman–Crippen MR) is 84.6 cm³/mol. The van der Waals surface area contributed by atoms with Gasteiger partial charge in [-0.15, -0.1) is 0 Å². The Kier molecular flexibility index (Phi) is 5.86. The largest absolute Gasteiger partial charge is 0.369 e. The van der Waals surface area contributed by atoms with Gasteiger partial charge in [0.15, 0.2) is 0 Å². The number of aromatic nitrogens is 2. The topological polar surface area (TPSA) is 53.1 Å². The van der Waals surface area contributed by atoms with Crippen LogP contribution in [0, 0.1) is 0 Å². The maximum atomic E-state index is 6.08. The highest BCUT2D eigenvalue weighted by Gasteiger charge is 2.17. The van der Waals surface area contributed by atoms with Crippen molar-refractivity contribution >= 4 is 23.4 Å². The number of piperidine rings is 1. The molecule has 1 aromatic heterocycles. The molecule has 0 radical (unpaired) electrons. The third kappa shape index (κ3) is 4.21. The Morgan fingerprint density at radius 3 is 3.05 bits per heavy atom. The lowest BCUT2D eigenvalue weighted by Gasteiger charge is -2.33. The average Bonchev–Trinajstić information content (AvgIpc) is 2.47. The van der Waals surface area contributed by atoms with Crippen molar-refractivity contribution in [2.45, 2.75) is 38.6 Å². The van der Waals surface area contributed by atoms with Gasteiger partial charge in [0, 0.05) is 26.2 Å². The molecular formula is C14H24ClN5. The summed E-state index contributed by atoms with van der Waals surface area (Å²) >= 11 is 6.08. The average molecular weight is 298 g/mol. The van der Waals surface area contributed by atoms with Crippen LogP contribution in [0.2, 0.25) is 5.02 Å². The summed E-state index contributed by atoms with van der Waals surface area (Å²) < 4.78 is 0. The quantitative estimate of drug-likeness (QED) is 0.791. The van der Waals surface area contributed by atoms with Crippen molar-refractivity contribution in [1.82, 2.24) is 14.9 Å². The van der Waals surface area contributed by atoms with Crippen molar-refractivity contribution in [3.63, 3.8) is 0 Å². The highest BCUT2D eigenvalue weighted by Crippen LogP contribution is 2.19. The van der Waals surface area contributed by atoms with E-state index in [1.54, 1.807) is 13.2 Å². The zero-order valence-electron chi connectivity index (χ0n) is 12.3. The van der Waals surface area contributed by atoms with Crippen molar-refractivity contribution in [1.29, 1.82) is 0 Å². The van der Waals surface area contributed by atoms with E-state index in [1.807, 2.05) is 0 Å². The first-order valence-corrected chi connectivity index (χ1v) is 7.76. The minimum Gasteiger partial charge on any atom is -0.369 e. The predicted octanol–water partition coefficient (Wildman–Crippen LogP) is 2.85. The molecule has 6 heteroatoms. The molecule has 2 heterocycles. The summed E-state index contributed by atoms with van der Waals surface area (Å²) in [6.07, 6.45) is 6.76. The first kappa shape index (κ1) is 15.3. The van der Waals surface area contributed by atoms with Crippen LogP contribution < -0.4 is 10.6 Å². The van der Waals surface area contributed by atoms with Crippen LogP contribution >= 0.6 is 11.6 Å². The van der Waals surface area contributed by atoms with Gasteiger partial charge >= 0.3 is 0 Å². The molecular weight excluding hydrogens is 274 g/mol. The van der Waals surface area contributed by atoms with Crippen LogP contribution in [0.3, 0.4) is 0 Å². The van der Waals surface area contributed by atoms with E-state index >= 15 is 0 Å². The van der Waals surface area contributed by atoms with Crippen molar-refractivity contribution in [2.24, 2.45) is 0 Å². The van der Waals surface area contributed by atoms with Gasteiger partial charge in [0.05, 0.1) is 6.20 Å². The SMILES string of the molecule is CNc1ncc(Cl)c(NCCCN2CCCCC2C)n1. The molecule has 0 spiro atoms. The van der Waals surface area contributed by atoms with Crippen LogP contribution in [0.5, 0.6) is 0 Å². The first-order chi connectivity index (χ1) is 9.70. The Hall–Kier alpha value is -1.07. The van der Waals surface area contributed by atoms with Gasteiger partial charge in [-0.1, -0.05) is 18.0 Å². The number of likely N-dealkylation sites (tertiary alicyclic amines) is 1. The lowest BCUT2D eigenvalue weighted by atomic mass is 10.0. The molecule has 1 atom stereocenters. The summed E-state index contributed by atoms with van der Waals surface area (Å²) in [7, 11) is 1.80. The minimum absolute atomic E-state index is 0.565. The summed E-state index contributed by atoms with van der Waals surface area (Å²) in [6, 6.07) is 0.724. The monoisotopic (exact) mass is 297 g/mol. The smallest absolute Gasteiger partial charge is 0.224 e. The van der Waals surface area contributed by atoms with Crippen LogP contribution in [0.4, 0.5) is 11.8 Å². The molecule has 1 fully saturated rings. The fourth-order valence-corrected chi connectivity index (χ4v) is 2.75. The van der Waals surface area contributed by atoms with Gasteiger partial charge in [0.2, 0.25) is 5.95 Å². The molecule has 5 nitrogen and oxygen atoms in total. The zero-order valence-corrected chi connectivity index (χ0v) is 13.1. The summed E-state index contributed by atoms with van der Waals surface area (Å²) in [6.45, 7) is 5.57. The molecule has 2 rings (SSSR count). The standard InChI is InChI=1S/C14H24ClN5/c1-11-6-3-4-8-20(11)9-5-7-17-13-12(15)10-18-14(16-2)19-13/h10-11H,3-9H2,1-2H3,(H2,16,17,18,19). The zero-order chi connectivity index (χ0) is 14.4. The van der Waals surface area contributed by atoms with Crippen LogP contribution in [0.1, 0.15) is 32.6 Å². The molecule has 0 amide bonds. The molecule has 112 valence electrons. The molecule has 1 saturated heterocycles. The van der Waals surface area contributed by atoms with E-state index in [1.165, 1.54) is 25.8 Å². The van der Waals surface area contributed by atoms with E-state index in [0.29, 0.717) is 16.8 Å². The molecule has 0 aromatic carbocycles. The molecule has 0 aliphatic carbocycles. The fourth-order valence-electron chi connectivity index (χ4n) is 2.59. The first-order valence-electron chi connectivity index (χ1n) is 7.39. The number of hydrogen-bond acceptors (Lipinski definition) is 5. The third-order valence-corrected chi connectivity index (χ3v) is 4.10. The van der Waals surface area contributed by atoms with Gasteiger partial charge in [-0.2, -0.15) is 4.98 Å². The second kappa shape index (κ2) is 7.64. The van der Waals surface area contributed by atoms with Gasteiger partial charge < -0.3 is 15.5 Å². The van der Waals surface area contributed by atoms with E-state index in [4.69, 9.17) is 11.6 Å². The van der Waals surface area contributed by atoms with Gasteiger partial charge in [-0.3, -0.25) is 0 Å². The highest BCUT2D eigenvalue weighted by molar-refractivity contribution is 6.32. The van der Waals surface area contributed by atoms with Gasteiger partial charge in [0.25, 0.3) is 0 Å². The maximum absolute atomic E-state index is 6.08. The highest BCUT2D eigenvalue weighted by atomic mass is 35.5. The van der Waals surface area contributed by atoms with E-state index in [2.05, 4.69) is 32.4 Å². The van der Waals surface area contributed by atoms with Crippen molar-refractivity contribution in [2.75, 3.05) is 37.3 Å². The number of halogens is 1. The Bertz CT molecular complexity index is 426. The van der Waals surface area contributed by atoms with Crippen LogP contribution in [-0.4, -0.2) is 47.6 Å². The van der Waals surface area contributed by atoms with Crippen LogP contribution in [0.15, 0.2) is 6.20 Å². The Balaban J connectivity index is 1.75. The summed E-state index contributed by atoms with van der Waals surface area (Å²) in [4.78, 5) is 11.0. The summed E-state index contributed by atoms with van der Waals surface area (Å²) in [5, 5.41) is 6.77. The molecule has 1 unspecified atom stereocenters. The lowest BCUT2D eigenvalue weighted by Crippen LogP contribution is -2.38. The molecule has 0 bridgehead atoms. The van der Waals surface area contributed by atoms with E-state index in [0.717, 1.165) is 25.6 Å². The second-order valence-electron chi connectivity index (χ2n) is 5.30. The number of rotatable bonds is 6. The summed E-state index contributed by atoms with van der Waals surface area (Å²) in [5.74, 6) is 1.29. The second-order valence-corrected chi connectivity index (χ2v) is 5.71. The number of nitrogens with zero attached hydrogens (tertiary/aromatic N) is 3. The number of hydrogen-bond donors (Lipinski definition) is 2. The van der Waals surface area contributed by atoms with Crippen LogP contribution in [0.25, 0.3) is 0 Å². The van der Waals surface area contributed by atoms with Crippen molar-refractivity contribution in [3.8, 4) is 0 Å². The number of nitrogens with one attached hydrogen (secondary N) is 2. The fraction of sp³-hybridized carbons (Fsp3) is 0.714. The maximum Gasteiger partial charge on any atom is 0.224 e. The Morgan fingerprint density at radius 2 is 2.30 bits per heavy atom. The van der Waals surface area contributed by atoms with Crippen molar-refractivity contribution < 1.29 is 0 Å². The third-order valence-electron chi connectivity index (χ3n) is 3.82. The molecule has 1 aromatic rings. The van der Waals surface area contributed by atoms with Gasteiger partial charge in [-0.05, 0) is 32.7 Å². The lowest BCUT2D eigenvalue weighted by molar-refractivity contribution is 0.160. The minimum atomic E-state index is 0.565. The molecule has 1 aliphatic rings. The summed E-state index contributed by atoms with van der Waals surface area (Å²) in [5.41, 5.74) is 0. The van der Waals surface area contributed by atoms with Gasteiger partial charge in [-0.25, -0.2) is 4.98 Å². The molecule has 2 N–H and O–H groups in total. The van der Waals surface area contributed by atoms with Gasteiger partial charge in [0.1, 0.15) is 10.8 Å². The molecule has 20 heavy (non-hydrogen) atoms. The Morgan fingerprint density at radius 1 is 1.45 bits per heavy atom. The Labute approximate surface area is 126 Å². The van der Waals surface area contributed by atoms with Crippen LogP contribution in [-0.2, 0) is 0 Å². The molecule has 0 saturated carbocycles. The van der Waals surface area contributed by atoms with Crippen molar-refractivity contribution in [3.05, 3.63) is 11.2 Å². The van der Waals surface area contributed by atoms with E-state index in [9.17, 15) is 0 Å². The van der Waals surface area contributed by atoms with E-state index in [-0.39, 0.29) is 0 Å².